The maximum Gasteiger partial charge on any atom is 0.322 e. The van der Waals surface area contributed by atoms with E-state index in [9.17, 15) is 9.59 Å². The Morgan fingerprint density at radius 1 is 1.33 bits per heavy atom. The van der Waals surface area contributed by atoms with Crippen LogP contribution in [-0.4, -0.2) is 16.9 Å². The maximum atomic E-state index is 11.1. The molecule has 1 unspecified atom stereocenters. The molecule has 1 fully saturated rings. The van der Waals surface area contributed by atoms with Crippen LogP contribution in [0.3, 0.4) is 0 Å². The fraction of sp³-hybridized carbons (Fsp3) is 0.143. The van der Waals surface area contributed by atoms with Gasteiger partial charge in [0.1, 0.15) is 6.04 Å². The van der Waals surface area contributed by atoms with Gasteiger partial charge in [-0.1, -0.05) is 0 Å². The second kappa shape index (κ2) is 2.37. The molecule has 2 rings (SSSR count). The number of carbonyl (C=O) groups excluding carboxylic acids is 2. The van der Waals surface area contributed by atoms with E-state index in [2.05, 4.69) is 15.6 Å². The third-order valence-electron chi connectivity index (χ3n) is 1.73. The predicted octanol–water partition coefficient (Wildman–Crippen LogP) is -0.105. The molecular weight excluding hydrogens is 158 g/mol. The average molecular weight is 165 g/mol. The maximum absolute atomic E-state index is 11.1. The molecule has 3 N–H and O–H groups in total. The molecule has 12 heavy (non-hydrogen) atoms. The largest absolute Gasteiger partial charge is 0.367 e. The number of imide groups is 1. The summed E-state index contributed by atoms with van der Waals surface area (Å²) in [6.07, 6.45) is 3.38. The highest BCUT2D eigenvalue weighted by atomic mass is 16.2. The summed E-state index contributed by atoms with van der Waals surface area (Å²) in [5.41, 5.74) is 0.762. The van der Waals surface area contributed by atoms with Gasteiger partial charge < -0.3 is 10.3 Å². The molecule has 0 spiro atoms. The molecular formula is C7H7N3O2. The summed E-state index contributed by atoms with van der Waals surface area (Å²) in [5, 5.41) is 4.64. The van der Waals surface area contributed by atoms with Gasteiger partial charge in [0.2, 0.25) is 0 Å². The first-order chi connectivity index (χ1) is 5.77. The number of rotatable bonds is 1. The zero-order chi connectivity index (χ0) is 8.55. The van der Waals surface area contributed by atoms with Gasteiger partial charge in [-0.2, -0.15) is 0 Å². The SMILES string of the molecule is O=C1NC(=O)C(c2cc[nH]c2)N1. The lowest BCUT2D eigenvalue weighted by molar-refractivity contribution is -0.120. The van der Waals surface area contributed by atoms with E-state index >= 15 is 0 Å². The lowest BCUT2D eigenvalue weighted by Gasteiger charge is -2.01. The van der Waals surface area contributed by atoms with Crippen LogP contribution in [0.5, 0.6) is 0 Å². The van der Waals surface area contributed by atoms with Gasteiger partial charge in [0.05, 0.1) is 0 Å². The Hall–Kier alpha value is -1.78. The summed E-state index contributed by atoms with van der Waals surface area (Å²) in [6.45, 7) is 0. The first kappa shape index (κ1) is 6.90. The van der Waals surface area contributed by atoms with Gasteiger partial charge in [-0.05, 0) is 6.07 Å². The van der Waals surface area contributed by atoms with Crippen LogP contribution >= 0.6 is 0 Å². The van der Waals surface area contributed by atoms with Gasteiger partial charge >= 0.3 is 6.03 Å². The number of aromatic nitrogens is 1. The summed E-state index contributed by atoms with van der Waals surface area (Å²) in [5.74, 6) is -0.306. The summed E-state index contributed by atoms with van der Waals surface area (Å²) in [7, 11) is 0. The van der Waals surface area contributed by atoms with E-state index in [0.717, 1.165) is 5.56 Å². The molecule has 0 bridgehead atoms. The minimum atomic E-state index is -0.538. The van der Waals surface area contributed by atoms with Crippen molar-refractivity contribution in [2.75, 3.05) is 0 Å². The highest BCUT2D eigenvalue weighted by Gasteiger charge is 2.30. The Balaban J connectivity index is 2.26. The van der Waals surface area contributed by atoms with Gasteiger partial charge in [0.15, 0.2) is 0 Å². The fourth-order valence-corrected chi connectivity index (χ4v) is 1.17. The molecule has 3 amide bonds. The van der Waals surface area contributed by atoms with E-state index in [4.69, 9.17) is 0 Å². The Labute approximate surface area is 68.2 Å². The molecule has 0 aromatic carbocycles. The van der Waals surface area contributed by atoms with Crippen molar-refractivity contribution in [1.82, 2.24) is 15.6 Å². The standard InChI is InChI=1S/C7H7N3O2/c11-6-5(9-7(12)10-6)4-1-2-8-3-4/h1-3,5,8H,(H2,9,10,11,12). The molecule has 2 heterocycles. The van der Waals surface area contributed by atoms with Crippen LogP contribution < -0.4 is 10.6 Å². The van der Waals surface area contributed by atoms with E-state index in [-0.39, 0.29) is 5.91 Å². The Bertz CT molecular complexity index is 317. The van der Waals surface area contributed by atoms with Crippen molar-refractivity contribution >= 4 is 11.9 Å². The highest BCUT2D eigenvalue weighted by molar-refractivity contribution is 6.04. The Morgan fingerprint density at radius 2 is 2.17 bits per heavy atom. The second-order valence-corrected chi connectivity index (χ2v) is 2.54. The summed E-state index contributed by atoms with van der Waals surface area (Å²) in [4.78, 5) is 24.6. The van der Waals surface area contributed by atoms with Gasteiger partial charge in [-0.15, -0.1) is 0 Å². The van der Waals surface area contributed by atoms with Crippen LogP contribution in [0.15, 0.2) is 18.5 Å². The Kier molecular flexibility index (Phi) is 1.36. The molecule has 1 aromatic heterocycles. The first-order valence-electron chi connectivity index (χ1n) is 3.51. The molecule has 5 heteroatoms. The van der Waals surface area contributed by atoms with E-state index in [1.54, 1.807) is 18.5 Å². The van der Waals surface area contributed by atoms with Crippen molar-refractivity contribution in [3.05, 3.63) is 24.0 Å². The normalized spacial score (nSPS) is 22.2. The number of H-pyrrole nitrogens is 1. The number of nitrogens with one attached hydrogen (secondary N) is 3. The molecule has 5 nitrogen and oxygen atoms in total. The van der Waals surface area contributed by atoms with Crippen molar-refractivity contribution < 1.29 is 9.59 Å². The molecule has 1 aromatic rings. The monoisotopic (exact) mass is 165 g/mol. The zero-order valence-corrected chi connectivity index (χ0v) is 6.13. The van der Waals surface area contributed by atoms with E-state index in [1.165, 1.54) is 0 Å². The molecule has 1 aliphatic heterocycles. The van der Waals surface area contributed by atoms with Crippen molar-refractivity contribution in [1.29, 1.82) is 0 Å². The van der Waals surface area contributed by atoms with Crippen molar-refractivity contribution in [3.8, 4) is 0 Å². The second-order valence-electron chi connectivity index (χ2n) is 2.54. The van der Waals surface area contributed by atoms with Gasteiger partial charge in [0.25, 0.3) is 5.91 Å². The fourth-order valence-electron chi connectivity index (χ4n) is 1.17. The molecule has 62 valence electrons. The lowest BCUT2D eigenvalue weighted by Crippen LogP contribution is -2.22. The van der Waals surface area contributed by atoms with E-state index in [0.29, 0.717) is 0 Å². The molecule has 1 atom stereocenters. The third kappa shape index (κ3) is 0.952. The molecule has 0 aliphatic carbocycles. The van der Waals surface area contributed by atoms with Gasteiger partial charge in [-0.3, -0.25) is 10.1 Å². The number of urea groups is 1. The van der Waals surface area contributed by atoms with Gasteiger partial charge in [0, 0.05) is 18.0 Å². The molecule has 0 radical (unpaired) electrons. The van der Waals surface area contributed by atoms with E-state index in [1.807, 2.05) is 0 Å². The van der Waals surface area contributed by atoms with E-state index < -0.39 is 12.1 Å². The quantitative estimate of drug-likeness (QED) is 0.508. The van der Waals surface area contributed by atoms with Gasteiger partial charge in [-0.25, -0.2) is 4.79 Å². The van der Waals surface area contributed by atoms with Crippen LogP contribution in [0, 0.1) is 0 Å². The predicted molar refractivity (Wildman–Crippen MR) is 40.2 cm³/mol. The van der Waals surface area contributed by atoms with Crippen LogP contribution in [0.4, 0.5) is 4.79 Å². The highest BCUT2D eigenvalue weighted by Crippen LogP contribution is 2.14. The number of hydrogen-bond acceptors (Lipinski definition) is 2. The van der Waals surface area contributed by atoms with Crippen LogP contribution in [0.1, 0.15) is 11.6 Å². The zero-order valence-electron chi connectivity index (χ0n) is 6.13. The summed E-state index contributed by atoms with van der Waals surface area (Å²) < 4.78 is 0. The number of hydrogen-bond donors (Lipinski definition) is 3. The van der Waals surface area contributed by atoms with Crippen molar-refractivity contribution in [3.63, 3.8) is 0 Å². The molecule has 1 aliphatic rings. The lowest BCUT2D eigenvalue weighted by atomic mass is 10.1. The first-order valence-corrected chi connectivity index (χ1v) is 3.51. The topological polar surface area (TPSA) is 74.0 Å². The summed E-state index contributed by atoms with van der Waals surface area (Å²) >= 11 is 0. The smallest absolute Gasteiger partial charge is 0.322 e. The van der Waals surface area contributed by atoms with Crippen LogP contribution in [0.25, 0.3) is 0 Å². The number of amides is 3. The molecule has 1 saturated heterocycles. The average Bonchev–Trinajstić information content (AvgIpc) is 2.58. The van der Waals surface area contributed by atoms with Crippen LogP contribution in [-0.2, 0) is 4.79 Å². The van der Waals surface area contributed by atoms with Crippen LogP contribution in [0.2, 0.25) is 0 Å². The minimum Gasteiger partial charge on any atom is -0.367 e. The third-order valence-corrected chi connectivity index (χ3v) is 1.73. The Morgan fingerprint density at radius 3 is 2.67 bits per heavy atom. The molecule has 0 saturated carbocycles. The number of aromatic amines is 1. The minimum absolute atomic E-state index is 0.306. The van der Waals surface area contributed by atoms with Crippen molar-refractivity contribution in [2.45, 2.75) is 6.04 Å². The van der Waals surface area contributed by atoms with Crippen molar-refractivity contribution in [2.24, 2.45) is 0 Å². The summed E-state index contributed by atoms with van der Waals surface area (Å²) in [6, 6.07) is 0.769. The number of carbonyl (C=O) groups is 2.